The summed E-state index contributed by atoms with van der Waals surface area (Å²) >= 11 is 3.44. The number of nitrogens with zero attached hydrogens (tertiary/aromatic N) is 1. The minimum Gasteiger partial charge on any atom is -0.466 e. The number of ether oxygens (including phenoxy) is 1. The van der Waals surface area contributed by atoms with Crippen LogP contribution in [0.15, 0.2) is 22.7 Å². The van der Waals surface area contributed by atoms with Crippen LogP contribution in [0.2, 0.25) is 0 Å². The topological polar surface area (TPSA) is 50.1 Å². The first-order chi connectivity index (χ1) is 8.19. The van der Waals surface area contributed by atoms with E-state index < -0.39 is 0 Å². The molecule has 90 valence electrons. The second kappa shape index (κ2) is 7.08. The van der Waals surface area contributed by atoms with Crippen LogP contribution in [0.4, 0.5) is 0 Å². The van der Waals surface area contributed by atoms with Gasteiger partial charge in [-0.05, 0) is 30.5 Å². The maximum absolute atomic E-state index is 11.3. The van der Waals surface area contributed by atoms with E-state index in [2.05, 4.69) is 22.0 Å². The molecule has 0 unspecified atom stereocenters. The van der Waals surface area contributed by atoms with Crippen molar-refractivity contribution in [3.05, 3.63) is 33.8 Å². The standard InChI is InChI=1S/C13H14BrNO2/c1-2-17-13(16)7-6-11-10(8-9-15)4-3-5-12(11)14/h3-5H,2,6-8H2,1H3. The van der Waals surface area contributed by atoms with Crippen molar-refractivity contribution in [2.24, 2.45) is 0 Å². The maximum Gasteiger partial charge on any atom is 0.306 e. The lowest BCUT2D eigenvalue weighted by Crippen LogP contribution is -2.06. The highest BCUT2D eigenvalue weighted by atomic mass is 79.9. The Hall–Kier alpha value is -1.34. The number of hydrogen-bond acceptors (Lipinski definition) is 3. The number of rotatable bonds is 5. The summed E-state index contributed by atoms with van der Waals surface area (Å²) in [6.45, 7) is 2.19. The summed E-state index contributed by atoms with van der Waals surface area (Å²) in [5.74, 6) is -0.203. The molecule has 0 saturated heterocycles. The molecule has 4 heteroatoms. The zero-order valence-electron chi connectivity index (χ0n) is 9.70. The molecule has 0 heterocycles. The number of nitriles is 1. The highest BCUT2D eigenvalue weighted by Crippen LogP contribution is 2.22. The Balaban J connectivity index is 2.75. The third kappa shape index (κ3) is 4.20. The van der Waals surface area contributed by atoms with Crippen LogP contribution >= 0.6 is 15.9 Å². The molecule has 0 saturated carbocycles. The van der Waals surface area contributed by atoms with Crippen LogP contribution in [-0.4, -0.2) is 12.6 Å². The average molecular weight is 296 g/mol. The normalized spacial score (nSPS) is 9.71. The molecule has 0 aliphatic heterocycles. The molecule has 0 aliphatic carbocycles. The van der Waals surface area contributed by atoms with E-state index in [1.165, 1.54) is 0 Å². The second-order valence-corrected chi connectivity index (χ2v) is 4.37. The van der Waals surface area contributed by atoms with Crippen molar-refractivity contribution in [2.45, 2.75) is 26.2 Å². The lowest BCUT2D eigenvalue weighted by molar-refractivity contribution is -0.143. The Morgan fingerprint density at radius 3 is 2.94 bits per heavy atom. The molecular weight excluding hydrogens is 282 g/mol. The van der Waals surface area contributed by atoms with Crippen LogP contribution in [-0.2, 0) is 22.4 Å². The second-order valence-electron chi connectivity index (χ2n) is 3.52. The Bertz CT molecular complexity index is 438. The van der Waals surface area contributed by atoms with Gasteiger partial charge in [-0.3, -0.25) is 4.79 Å². The minimum atomic E-state index is -0.203. The Labute approximate surface area is 110 Å². The molecule has 3 nitrogen and oxygen atoms in total. The predicted octanol–water partition coefficient (Wildman–Crippen LogP) is 3.01. The number of benzene rings is 1. The van der Waals surface area contributed by atoms with Gasteiger partial charge in [0.2, 0.25) is 0 Å². The van der Waals surface area contributed by atoms with Crippen molar-refractivity contribution < 1.29 is 9.53 Å². The fraction of sp³-hybridized carbons (Fsp3) is 0.385. The molecule has 1 aromatic carbocycles. The van der Waals surface area contributed by atoms with E-state index in [0.29, 0.717) is 25.9 Å². The summed E-state index contributed by atoms with van der Waals surface area (Å²) in [7, 11) is 0. The first-order valence-corrected chi connectivity index (χ1v) is 6.27. The average Bonchev–Trinajstić information content (AvgIpc) is 2.29. The Morgan fingerprint density at radius 2 is 2.29 bits per heavy atom. The van der Waals surface area contributed by atoms with Gasteiger partial charge in [0.15, 0.2) is 0 Å². The smallest absolute Gasteiger partial charge is 0.306 e. The van der Waals surface area contributed by atoms with Gasteiger partial charge in [-0.2, -0.15) is 5.26 Å². The van der Waals surface area contributed by atoms with E-state index in [4.69, 9.17) is 10.00 Å². The molecule has 0 N–H and O–H groups in total. The van der Waals surface area contributed by atoms with E-state index in [0.717, 1.165) is 15.6 Å². The summed E-state index contributed by atoms with van der Waals surface area (Å²) in [4.78, 5) is 11.3. The van der Waals surface area contributed by atoms with E-state index >= 15 is 0 Å². The number of carbonyl (C=O) groups excluding carboxylic acids is 1. The van der Waals surface area contributed by atoms with E-state index in [1.54, 1.807) is 6.92 Å². The summed E-state index contributed by atoms with van der Waals surface area (Å²) < 4.78 is 5.82. The quantitative estimate of drug-likeness (QED) is 0.785. The van der Waals surface area contributed by atoms with Crippen molar-refractivity contribution in [3.63, 3.8) is 0 Å². The van der Waals surface area contributed by atoms with Crippen molar-refractivity contribution in [3.8, 4) is 6.07 Å². The van der Waals surface area contributed by atoms with Crippen LogP contribution in [0.25, 0.3) is 0 Å². The maximum atomic E-state index is 11.3. The summed E-state index contributed by atoms with van der Waals surface area (Å²) in [6, 6.07) is 7.85. The Kier molecular flexibility index (Phi) is 5.71. The fourth-order valence-electron chi connectivity index (χ4n) is 1.59. The van der Waals surface area contributed by atoms with Gasteiger partial charge in [0.1, 0.15) is 0 Å². The third-order valence-electron chi connectivity index (χ3n) is 2.37. The molecule has 0 bridgehead atoms. The summed E-state index contributed by atoms with van der Waals surface area (Å²) in [5, 5.41) is 8.74. The first-order valence-electron chi connectivity index (χ1n) is 5.47. The van der Waals surface area contributed by atoms with E-state index in [1.807, 2.05) is 18.2 Å². The zero-order valence-corrected chi connectivity index (χ0v) is 11.3. The fourth-order valence-corrected chi connectivity index (χ4v) is 2.20. The molecular formula is C13H14BrNO2. The van der Waals surface area contributed by atoms with Crippen molar-refractivity contribution >= 4 is 21.9 Å². The molecule has 0 radical (unpaired) electrons. The number of hydrogen-bond donors (Lipinski definition) is 0. The van der Waals surface area contributed by atoms with Gasteiger partial charge in [0, 0.05) is 10.9 Å². The zero-order chi connectivity index (χ0) is 12.7. The molecule has 0 aromatic heterocycles. The molecule has 0 amide bonds. The van der Waals surface area contributed by atoms with Crippen LogP contribution in [0.1, 0.15) is 24.5 Å². The lowest BCUT2D eigenvalue weighted by Gasteiger charge is -2.09. The van der Waals surface area contributed by atoms with Crippen molar-refractivity contribution in [1.82, 2.24) is 0 Å². The highest BCUT2D eigenvalue weighted by Gasteiger charge is 2.09. The van der Waals surface area contributed by atoms with Crippen LogP contribution in [0.5, 0.6) is 0 Å². The highest BCUT2D eigenvalue weighted by molar-refractivity contribution is 9.10. The number of halogens is 1. The van der Waals surface area contributed by atoms with Gasteiger partial charge in [-0.25, -0.2) is 0 Å². The monoisotopic (exact) mass is 295 g/mol. The molecule has 0 atom stereocenters. The molecule has 0 spiro atoms. The SMILES string of the molecule is CCOC(=O)CCc1c(Br)cccc1CC#N. The lowest BCUT2D eigenvalue weighted by atomic mass is 10.0. The van der Waals surface area contributed by atoms with Crippen LogP contribution in [0.3, 0.4) is 0 Å². The third-order valence-corrected chi connectivity index (χ3v) is 3.11. The van der Waals surface area contributed by atoms with Gasteiger partial charge in [-0.15, -0.1) is 0 Å². The van der Waals surface area contributed by atoms with E-state index in [9.17, 15) is 4.79 Å². The molecule has 0 aliphatic rings. The largest absolute Gasteiger partial charge is 0.466 e. The van der Waals surface area contributed by atoms with Gasteiger partial charge < -0.3 is 4.74 Å². The summed E-state index contributed by atoms with van der Waals surface area (Å²) in [5.41, 5.74) is 1.98. The van der Waals surface area contributed by atoms with Crippen LogP contribution < -0.4 is 0 Å². The number of esters is 1. The van der Waals surface area contributed by atoms with Crippen LogP contribution in [0, 0.1) is 11.3 Å². The van der Waals surface area contributed by atoms with Crippen molar-refractivity contribution in [2.75, 3.05) is 6.61 Å². The van der Waals surface area contributed by atoms with Gasteiger partial charge >= 0.3 is 5.97 Å². The molecule has 17 heavy (non-hydrogen) atoms. The van der Waals surface area contributed by atoms with Crippen molar-refractivity contribution in [1.29, 1.82) is 5.26 Å². The Morgan fingerprint density at radius 1 is 1.53 bits per heavy atom. The molecule has 0 fully saturated rings. The first kappa shape index (κ1) is 13.7. The summed E-state index contributed by atoms with van der Waals surface area (Å²) in [6.07, 6.45) is 1.30. The molecule has 1 rings (SSSR count). The van der Waals surface area contributed by atoms with Gasteiger partial charge in [0.05, 0.1) is 19.1 Å². The minimum absolute atomic E-state index is 0.203. The number of carbonyl (C=O) groups is 1. The predicted molar refractivity (Wildman–Crippen MR) is 68.4 cm³/mol. The van der Waals surface area contributed by atoms with Gasteiger partial charge in [-0.1, -0.05) is 28.1 Å². The molecule has 1 aromatic rings. The van der Waals surface area contributed by atoms with E-state index in [-0.39, 0.29) is 5.97 Å². The van der Waals surface area contributed by atoms with Gasteiger partial charge in [0.25, 0.3) is 0 Å².